The average Bonchev–Trinajstić information content (AvgIpc) is 2.61. The van der Waals surface area contributed by atoms with Gasteiger partial charge in [0, 0.05) is 11.1 Å². The van der Waals surface area contributed by atoms with E-state index in [1.54, 1.807) is 20.8 Å². The molecule has 0 saturated heterocycles. The Hall–Kier alpha value is -1.53. The topological polar surface area (TPSA) is 46.3 Å². The first kappa shape index (κ1) is 15.9. The molecule has 2 rings (SSSR count). The molecule has 0 amide bonds. The Labute approximate surface area is 124 Å². The Balaban J connectivity index is 2.47. The van der Waals surface area contributed by atoms with Gasteiger partial charge in [-0.2, -0.15) is 13.2 Å². The van der Waals surface area contributed by atoms with Gasteiger partial charge in [0.1, 0.15) is 28.5 Å². The summed E-state index contributed by atoms with van der Waals surface area (Å²) in [5.41, 5.74) is 0.240. The first-order valence-corrected chi connectivity index (χ1v) is 6.49. The molecule has 1 N–H and O–H groups in total. The highest BCUT2D eigenvalue weighted by Crippen LogP contribution is 2.36. The second kappa shape index (κ2) is 5.35. The molecule has 0 spiro atoms. The van der Waals surface area contributed by atoms with Crippen molar-refractivity contribution in [2.75, 3.05) is 0 Å². The fraction of sp³-hybridized carbons (Fsp3) is 0.357. The van der Waals surface area contributed by atoms with Crippen LogP contribution >= 0.6 is 11.6 Å². The number of aryl methyl sites for hydroxylation is 2. The first-order valence-electron chi connectivity index (χ1n) is 6.11. The van der Waals surface area contributed by atoms with E-state index >= 15 is 0 Å². The van der Waals surface area contributed by atoms with Crippen molar-refractivity contribution in [3.8, 4) is 0 Å². The van der Waals surface area contributed by atoms with E-state index in [4.69, 9.17) is 16.0 Å². The average molecular weight is 320 g/mol. The maximum atomic E-state index is 12.6. The number of pyridine rings is 1. The van der Waals surface area contributed by atoms with Crippen molar-refractivity contribution in [3.05, 3.63) is 51.2 Å². The predicted molar refractivity (Wildman–Crippen MR) is 71.2 cm³/mol. The van der Waals surface area contributed by atoms with Crippen LogP contribution in [-0.2, 0) is 6.18 Å². The lowest BCUT2D eigenvalue weighted by Gasteiger charge is -2.14. The van der Waals surface area contributed by atoms with Gasteiger partial charge in [-0.25, -0.2) is 4.98 Å². The fourth-order valence-electron chi connectivity index (χ4n) is 2.17. The molecular weight excluding hydrogens is 307 g/mol. The first-order chi connectivity index (χ1) is 9.62. The lowest BCUT2D eigenvalue weighted by Crippen LogP contribution is -2.10. The minimum atomic E-state index is -4.58. The molecule has 114 valence electrons. The zero-order valence-electron chi connectivity index (χ0n) is 11.5. The fourth-order valence-corrected chi connectivity index (χ4v) is 2.43. The standard InChI is InChI=1S/C14H13ClF3NO2/c1-6-7(2)21-8(3)11(6)12(20)9-4-5-10(14(16,17)18)19-13(9)15/h4-5,12,20H,1-3H3. The van der Waals surface area contributed by atoms with Crippen molar-refractivity contribution in [1.82, 2.24) is 4.98 Å². The summed E-state index contributed by atoms with van der Waals surface area (Å²) in [6, 6.07) is 1.92. The molecule has 2 aromatic rings. The minimum absolute atomic E-state index is 0.108. The van der Waals surface area contributed by atoms with Gasteiger partial charge in [0.15, 0.2) is 0 Å². The highest BCUT2D eigenvalue weighted by atomic mass is 35.5. The number of hydrogen-bond donors (Lipinski definition) is 1. The van der Waals surface area contributed by atoms with Crippen LogP contribution in [0.2, 0.25) is 5.15 Å². The van der Waals surface area contributed by atoms with E-state index in [2.05, 4.69) is 4.98 Å². The van der Waals surface area contributed by atoms with E-state index < -0.39 is 18.0 Å². The lowest BCUT2D eigenvalue weighted by atomic mass is 9.99. The van der Waals surface area contributed by atoms with Crippen LogP contribution < -0.4 is 0 Å². The monoisotopic (exact) mass is 319 g/mol. The molecule has 0 aliphatic carbocycles. The van der Waals surface area contributed by atoms with Crippen molar-refractivity contribution >= 4 is 11.6 Å². The molecule has 1 atom stereocenters. The molecule has 2 heterocycles. The minimum Gasteiger partial charge on any atom is -0.466 e. The third-order valence-electron chi connectivity index (χ3n) is 3.35. The Morgan fingerprint density at radius 1 is 1.19 bits per heavy atom. The van der Waals surface area contributed by atoms with Crippen LogP contribution in [0.15, 0.2) is 16.5 Å². The van der Waals surface area contributed by atoms with Crippen molar-refractivity contribution in [2.24, 2.45) is 0 Å². The maximum absolute atomic E-state index is 12.6. The molecule has 7 heteroatoms. The van der Waals surface area contributed by atoms with E-state index in [1.165, 1.54) is 0 Å². The number of aromatic nitrogens is 1. The number of alkyl halides is 3. The highest BCUT2D eigenvalue weighted by Gasteiger charge is 2.33. The van der Waals surface area contributed by atoms with Crippen LogP contribution in [0.4, 0.5) is 13.2 Å². The van der Waals surface area contributed by atoms with Crippen LogP contribution in [0, 0.1) is 20.8 Å². The zero-order valence-corrected chi connectivity index (χ0v) is 12.3. The molecule has 0 aliphatic heterocycles. The Bertz CT molecular complexity index is 680. The van der Waals surface area contributed by atoms with Gasteiger partial charge in [-0.05, 0) is 32.4 Å². The van der Waals surface area contributed by atoms with Gasteiger partial charge >= 0.3 is 6.18 Å². The van der Waals surface area contributed by atoms with Gasteiger partial charge in [0.25, 0.3) is 0 Å². The van der Waals surface area contributed by atoms with Crippen molar-refractivity contribution in [3.63, 3.8) is 0 Å². The highest BCUT2D eigenvalue weighted by molar-refractivity contribution is 6.30. The van der Waals surface area contributed by atoms with Gasteiger partial charge in [-0.15, -0.1) is 0 Å². The number of furan rings is 1. The summed E-state index contributed by atoms with van der Waals surface area (Å²) in [6.45, 7) is 5.17. The summed E-state index contributed by atoms with van der Waals surface area (Å²) < 4.78 is 43.1. The van der Waals surface area contributed by atoms with Crippen LogP contribution in [0.5, 0.6) is 0 Å². The largest absolute Gasteiger partial charge is 0.466 e. The summed E-state index contributed by atoms with van der Waals surface area (Å²) in [7, 11) is 0. The van der Waals surface area contributed by atoms with Gasteiger partial charge in [-0.3, -0.25) is 0 Å². The Morgan fingerprint density at radius 3 is 2.24 bits per heavy atom. The van der Waals surface area contributed by atoms with Gasteiger partial charge in [0.2, 0.25) is 0 Å². The number of aliphatic hydroxyl groups is 1. The molecule has 0 fully saturated rings. The number of rotatable bonds is 2. The van der Waals surface area contributed by atoms with Crippen LogP contribution in [-0.4, -0.2) is 10.1 Å². The van der Waals surface area contributed by atoms with Crippen LogP contribution in [0.3, 0.4) is 0 Å². The van der Waals surface area contributed by atoms with Crippen molar-refractivity contribution in [1.29, 1.82) is 0 Å². The summed E-state index contributed by atoms with van der Waals surface area (Å²) >= 11 is 5.79. The van der Waals surface area contributed by atoms with Crippen LogP contribution in [0.25, 0.3) is 0 Å². The molecule has 2 aromatic heterocycles. The Kier molecular flexibility index (Phi) is 4.04. The van der Waals surface area contributed by atoms with E-state index in [9.17, 15) is 18.3 Å². The summed E-state index contributed by atoms with van der Waals surface area (Å²) in [4.78, 5) is 3.31. The number of halogens is 4. The number of aliphatic hydroxyl groups excluding tert-OH is 1. The molecule has 0 aliphatic rings. The summed E-state index contributed by atoms with van der Waals surface area (Å²) in [6.07, 6.45) is -5.77. The zero-order chi connectivity index (χ0) is 15.9. The number of nitrogens with zero attached hydrogens (tertiary/aromatic N) is 1. The van der Waals surface area contributed by atoms with E-state index in [0.29, 0.717) is 17.1 Å². The summed E-state index contributed by atoms with van der Waals surface area (Å²) in [5.74, 6) is 1.13. The quantitative estimate of drug-likeness (QED) is 0.837. The molecular formula is C14H13ClF3NO2. The van der Waals surface area contributed by atoms with Crippen LogP contribution in [0.1, 0.15) is 40.0 Å². The molecule has 0 aromatic carbocycles. The van der Waals surface area contributed by atoms with E-state index in [-0.39, 0.29) is 10.7 Å². The normalized spacial score (nSPS) is 13.5. The second-order valence-electron chi connectivity index (χ2n) is 4.73. The molecule has 0 radical (unpaired) electrons. The second-order valence-corrected chi connectivity index (χ2v) is 5.09. The van der Waals surface area contributed by atoms with E-state index in [1.807, 2.05) is 0 Å². The molecule has 1 unspecified atom stereocenters. The maximum Gasteiger partial charge on any atom is 0.433 e. The molecule has 0 bridgehead atoms. The van der Waals surface area contributed by atoms with E-state index in [0.717, 1.165) is 17.7 Å². The van der Waals surface area contributed by atoms with Gasteiger partial charge < -0.3 is 9.52 Å². The van der Waals surface area contributed by atoms with Gasteiger partial charge in [-0.1, -0.05) is 17.7 Å². The summed E-state index contributed by atoms with van der Waals surface area (Å²) in [5, 5.41) is 10.00. The third kappa shape index (κ3) is 2.91. The third-order valence-corrected chi connectivity index (χ3v) is 3.66. The van der Waals surface area contributed by atoms with Gasteiger partial charge in [0.05, 0.1) is 0 Å². The van der Waals surface area contributed by atoms with Crippen molar-refractivity contribution in [2.45, 2.75) is 33.1 Å². The Morgan fingerprint density at radius 2 is 1.81 bits per heavy atom. The molecule has 21 heavy (non-hydrogen) atoms. The number of hydrogen-bond acceptors (Lipinski definition) is 3. The smallest absolute Gasteiger partial charge is 0.433 e. The predicted octanol–water partition coefficient (Wildman–Crippen LogP) is 4.35. The molecule has 0 saturated carbocycles. The lowest BCUT2D eigenvalue weighted by molar-refractivity contribution is -0.141. The SMILES string of the molecule is Cc1oc(C)c(C(O)c2ccc(C(F)(F)F)nc2Cl)c1C. The van der Waals surface area contributed by atoms with Crippen molar-refractivity contribution < 1.29 is 22.7 Å². The molecule has 3 nitrogen and oxygen atoms in total.